The Hall–Kier alpha value is -2.74. The summed E-state index contributed by atoms with van der Waals surface area (Å²) in [4.78, 5) is 19.2. The lowest BCUT2D eigenvalue weighted by atomic mass is 9.71. The molecular weight excluding hydrogens is 450 g/mol. The Balaban J connectivity index is 1.39. The largest absolute Gasteiger partial charge is 0.490 e. The molecule has 30 heavy (non-hydrogen) atoms. The first kappa shape index (κ1) is 19.2. The summed E-state index contributed by atoms with van der Waals surface area (Å²) in [6, 6.07) is 15.7. The zero-order valence-corrected chi connectivity index (χ0v) is 17.9. The van der Waals surface area contributed by atoms with E-state index in [1.165, 1.54) is 0 Å². The maximum atomic E-state index is 12.8. The number of aliphatic imine (C=N–C) groups is 1. The molecule has 3 atom stereocenters. The Labute approximate surface area is 182 Å². The van der Waals surface area contributed by atoms with Crippen LogP contribution in [0, 0.1) is 5.92 Å². The quantitative estimate of drug-likeness (QED) is 0.724. The fourth-order valence-electron chi connectivity index (χ4n) is 4.59. The first-order valence-corrected chi connectivity index (χ1v) is 10.7. The van der Waals surface area contributed by atoms with Gasteiger partial charge in [-0.2, -0.15) is 0 Å². The molecule has 1 saturated heterocycles. The van der Waals surface area contributed by atoms with Crippen molar-refractivity contribution in [3.63, 3.8) is 0 Å². The molecule has 3 aliphatic rings. The molecular formula is C22H22BrN3O4. The summed E-state index contributed by atoms with van der Waals surface area (Å²) in [5.41, 5.74) is 7.14. The number of benzene rings is 2. The van der Waals surface area contributed by atoms with E-state index in [9.17, 15) is 4.79 Å². The number of nitrogens with two attached hydrogens (primary N) is 1. The highest BCUT2D eigenvalue weighted by Crippen LogP contribution is 2.50. The molecule has 7 nitrogen and oxygen atoms in total. The van der Waals surface area contributed by atoms with E-state index in [4.69, 9.17) is 24.9 Å². The number of carbonyl (C=O) groups is 1. The molecule has 3 heterocycles. The number of rotatable bonds is 2. The fourth-order valence-corrected chi connectivity index (χ4v) is 4.95. The third-order valence-corrected chi connectivity index (χ3v) is 6.56. The van der Waals surface area contributed by atoms with Crippen molar-refractivity contribution >= 4 is 28.0 Å². The molecule has 0 radical (unpaired) electrons. The minimum Gasteiger partial charge on any atom is -0.490 e. The summed E-state index contributed by atoms with van der Waals surface area (Å²) in [6.45, 7) is 1.61. The summed E-state index contributed by atoms with van der Waals surface area (Å²) in [5, 5.41) is 0. The van der Waals surface area contributed by atoms with Gasteiger partial charge in [-0.1, -0.05) is 46.3 Å². The van der Waals surface area contributed by atoms with Crippen LogP contribution >= 0.6 is 15.9 Å². The van der Waals surface area contributed by atoms with Crippen LogP contribution in [0.4, 0.5) is 4.79 Å². The Bertz CT molecular complexity index is 999. The molecule has 5 rings (SSSR count). The second-order valence-corrected chi connectivity index (χ2v) is 8.76. The van der Waals surface area contributed by atoms with Crippen molar-refractivity contribution in [2.24, 2.45) is 16.6 Å². The summed E-state index contributed by atoms with van der Waals surface area (Å²) in [5.74, 6) is 0.708. The maximum Gasteiger partial charge on any atom is 0.410 e. The Morgan fingerprint density at radius 2 is 2.13 bits per heavy atom. The molecule has 8 heteroatoms. The molecule has 0 bridgehead atoms. The lowest BCUT2D eigenvalue weighted by Crippen LogP contribution is -2.58. The Morgan fingerprint density at radius 1 is 1.30 bits per heavy atom. The molecule has 0 unspecified atom stereocenters. The number of amidine groups is 1. The summed E-state index contributed by atoms with van der Waals surface area (Å²) in [6.07, 6.45) is 0.288. The molecule has 0 aromatic heterocycles. The highest BCUT2D eigenvalue weighted by atomic mass is 79.9. The summed E-state index contributed by atoms with van der Waals surface area (Å²) in [7, 11) is 0. The second-order valence-electron chi connectivity index (χ2n) is 7.84. The van der Waals surface area contributed by atoms with E-state index in [1.54, 1.807) is 4.90 Å². The van der Waals surface area contributed by atoms with Crippen molar-refractivity contribution < 1.29 is 19.0 Å². The maximum absolute atomic E-state index is 12.8. The average molecular weight is 472 g/mol. The minimum atomic E-state index is -0.676. The van der Waals surface area contributed by atoms with Crippen LogP contribution in [0.5, 0.6) is 5.75 Å². The van der Waals surface area contributed by atoms with Gasteiger partial charge in [0, 0.05) is 35.5 Å². The Morgan fingerprint density at radius 3 is 2.90 bits per heavy atom. The van der Waals surface area contributed by atoms with E-state index >= 15 is 0 Å². The zero-order chi connectivity index (χ0) is 20.7. The van der Waals surface area contributed by atoms with Crippen LogP contribution in [-0.4, -0.2) is 42.8 Å². The van der Waals surface area contributed by atoms with Gasteiger partial charge in [0.2, 0.25) is 0 Å². The van der Waals surface area contributed by atoms with Gasteiger partial charge in [0.1, 0.15) is 30.6 Å². The predicted molar refractivity (Wildman–Crippen MR) is 114 cm³/mol. The SMILES string of the molecule is NC1=N[C@]2(CO1)c1cc(Br)ccc1O[C@H]1CCN(C(=O)OCc3ccccc3)C[C@@H]12. The second kappa shape index (κ2) is 7.50. The lowest BCUT2D eigenvalue weighted by Gasteiger charge is -2.48. The van der Waals surface area contributed by atoms with E-state index in [0.29, 0.717) is 26.1 Å². The normalized spacial score (nSPS) is 26.8. The van der Waals surface area contributed by atoms with Gasteiger partial charge in [0.15, 0.2) is 0 Å². The molecule has 3 aliphatic heterocycles. The molecule has 2 aromatic rings. The van der Waals surface area contributed by atoms with Crippen molar-refractivity contribution in [1.29, 1.82) is 0 Å². The molecule has 2 aromatic carbocycles. The van der Waals surface area contributed by atoms with E-state index in [-0.39, 0.29) is 30.7 Å². The average Bonchev–Trinajstić information content (AvgIpc) is 3.16. The molecule has 1 spiro atoms. The zero-order valence-electron chi connectivity index (χ0n) is 16.3. The molecule has 0 aliphatic carbocycles. The topological polar surface area (TPSA) is 86.4 Å². The number of amides is 1. The minimum absolute atomic E-state index is 0.0740. The van der Waals surface area contributed by atoms with Gasteiger partial charge in [-0.3, -0.25) is 0 Å². The highest BCUT2D eigenvalue weighted by molar-refractivity contribution is 9.10. The number of nitrogens with zero attached hydrogens (tertiary/aromatic N) is 2. The van der Waals surface area contributed by atoms with Crippen molar-refractivity contribution in [3.05, 3.63) is 64.1 Å². The van der Waals surface area contributed by atoms with Crippen molar-refractivity contribution in [3.8, 4) is 5.75 Å². The van der Waals surface area contributed by atoms with Crippen LogP contribution in [0.15, 0.2) is 58.0 Å². The van der Waals surface area contributed by atoms with E-state index in [1.807, 2.05) is 48.5 Å². The standard InChI is InChI=1S/C22H22BrN3O4/c23-15-6-7-18-16(10-15)22(13-29-20(24)25-22)17-11-26(9-8-19(17)30-18)21(27)28-12-14-4-2-1-3-5-14/h1-7,10,17,19H,8-9,11-13H2,(H2,24,25)/t17-,19-,22+/m0/s1. The Kier molecular flexibility index (Phi) is 4.81. The third-order valence-electron chi connectivity index (χ3n) is 6.06. The number of hydrogen-bond donors (Lipinski definition) is 1. The number of halogens is 1. The first-order chi connectivity index (χ1) is 14.5. The van der Waals surface area contributed by atoms with Crippen molar-refractivity contribution in [2.45, 2.75) is 24.7 Å². The third kappa shape index (κ3) is 3.29. The van der Waals surface area contributed by atoms with Gasteiger partial charge < -0.3 is 24.8 Å². The van der Waals surface area contributed by atoms with E-state index in [0.717, 1.165) is 21.3 Å². The van der Waals surface area contributed by atoms with Gasteiger partial charge in [0.05, 0.1) is 0 Å². The van der Waals surface area contributed by atoms with Crippen LogP contribution in [0.3, 0.4) is 0 Å². The number of carbonyl (C=O) groups excluding carboxylic acids is 1. The molecule has 1 amide bonds. The van der Waals surface area contributed by atoms with E-state index in [2.05, 4.69) is 15.9 Å². The van der Waals surface area contributed by atoms with Gasteiger partial charge >= 0.3 is 6.09 Å². The lowest BCUT2D eigenvalue weighted by molar-refractivity contribution is -0.0234. The van der Waals surface area contributed by atoms with Crippen LogP contribution in [0.1, 0.15) is 17.5 Å². The monoisotopic (exact) mass is 471 g/mol. The smallest absolute Gasteiger partial charge is 0.410 e. The molecule has 0 saturated carbocycles. The fraction of sp³-hybridized carbons (Fsp3) is 0.364. The predicted octanol–water partition coefficient (Wildman–Crippen LogP) is 3.41. The van der Waals surface area contributed by atoms with Crippen LogP contribution < -0.4 is 10.5 Å². The van der Waals surface area contributed by atoms with Crippen LogP contribution in [-0.2, 0) is 21.6 Å². The number of ether oxygens (including phenoxy) is 3. The number of fused-ring (bicyclic) bond motifs is 4. The molecule has 2 N–H and O–H groups in total. The number of hydrogen-bond acceptors (Lipinski definition) is 6. The van der Waals surface area contributed by atoms with Crippen molar-refractivity contribution in [1.82, 2.24) is 4.90 Å². The van der Waals surface area contributed by atoms with Gasteiger partial charge in [-0.25, -0.2) is 9.79 Å². The first-order valence-electron chi connectivity index (χ1n) is 9.95. The van der Waals surface area contributed by atoms with Crippen LogP contribution in [0.2, 0.25) is 0 Å². The molecule has 1 fully saturated rings. The highest BCUT2D eigenvalue weighted by Gasteiger charge is 2.56. The summed E-state index contributed by atoms with van der Waals surface area (Å²) >= 11 is 3.54. The number of likely N-dealkylation sites (tertiary alicyclic amines) is 1. The van der Waals surface area contributed by atoms with Crippen LogP contribution in [0.25, 0.3) is 0 Å². The van der Waals surface area contributed by atoms with Gasteiger partial charge in [0.25, 0.3) is 6.02 Å². The van der Waals surface area contributed by atoms with Crippen molar-refractivity contribution in [2.75, 3.05) is 19.7 Å². The van der Waals surface area contributed by atoms with Gasteiger partial charge in [-0.15, -0.1) is 0 Å². The number of piperidine rings is 1. The van der Waals surface area contributed by atoms with E-state index < -0.39 is 5.54 Å². The molecule has 156 valence electrons. The van der Waals surface area contributed by atoms with Gasteiger partial charge in [-0.05, 0) is 23.8 Å². The summed E-state index contributed by atoms with van der Waals surface area (Å²) < 4.78 is 18.4.